The molecule has 1 aromatic carbocycles. The third kappa shape index (κ3) is 2.84. The SMILES string of the molecule is O=C(N/N=C1/CCOc2ccccc21)C1CCCCC1. The molecule has 0 radical (unpaired) electrons. The molecule has 106 valence electrons. The van der Waals surface area contributed by atoms with Crippen LogP contribution in [0.25, 0.3) is 0 Å². The van der Waals surface area contributed by atoms with Gasteiger partial charge in [0.15, 0.2) is 0 Å². The lowest BCUT2D eigenvalue weighted by Gasteiger charge is -2.21. The Balaban J connectivity index is 1.69. The second kappa shape index (κ2) is 6.07. The highest BCUT2D eigenvalue weighted by Gasteiger charge is 2.21. The van der Waals surface area contributed by atoms with Gasteiger partial charge in [0.05, 0.1) is 12.3 Å². The number of ether oxygens (including phenoxy) is 1. The number of fused-ring (bicyclic) bond motifs is 1. The van der Waals surface area contributed by atoms with Crippen molar-refractivity contribution >= 4 is 11.6 Å². The minimum atomic E-state index is 0.0705. The third-order valence-electron chi connectivity index (χ3n) is 4.07. The van der Waals surface area contributed by atoms with E-state index in [-0.39, 0.29) is 11.8 Å². The van der Waals surface area contributed by atoms with E-state index in [4.69, 9.17) is 4.74 Å². The maximum atomic E-state index is 12.1. The van der Waals surface area contributed by atoms with Crippen LogP contribution in [0.3, 0.4) is 0 Å². The Morgan fingerprint density at radius 1 is 1.20 bits per heavy atom. The predicted octanol–water partition coefficient (Wildman–Crippen LogP) is 2.87. The van der Waals surface area contributed by atoms with Gasteiger partial charge in [0, 0.05) is 17.9 Å². The van der Waals surface area contributed by atoms with Crippen molar-refractivity contribution < 1.29 is 9.53 Å². The van der Waals surface area contributed by atoms with Gasteiger partial charge in [-0.1, -0.05) is 31.4 Å². The minimum Gasteiger partial charge on any atom is -0.492 e. The van der Waals surface area contributed by atoms with Gasteiger partial charge in [0.2, 0.25) is 5.91 Å². The Bertz CT molecular complexity index is 519. The number of benzene rings is 1. The van der Waals surface area contributed by atoms with Crippen LogP contribution in [0.1, 0.15) is 44.1 Å². The standard InChI is InChI=1S/C16H20N2O2/c19-16(12-6-2-1-3-7-12)18-17-14-10-11-20-15-9-5-4-8-13(14)15/h4-5,8-9,12H,1-3,6-7,10-11H2,(H,18,19)/b17-14-. The lowest BCUT2D eigenvalue weighted by molar-refractivity contribution is -0.125. The van der Waals surface area contributed by atoms with Crippen LogP contribution in [0.2, 0.25) is 0 Å². The second-order valence-electron chi connectivity index (χ2n) is 5.46. The lowest BCUT2D eigenvalue weighted by atomic mass is 9.89. The summed E-state index contributed by atoms with van der Waals surface area (Å²) in [4.78, 5) is 12.1. The number of carbonyl (C=O) groups excluding carboxylic acids is 1. The average Bonchev–Trinajstić information content (AvgIpc) is 2.53. The van der Waals surface area contributed by atoms with Crippen LogP contribution in [0.5, 0.6) is 5.75 Å². The highest BCUT2D eigenvalue weighted by Crippen LogP contribution is 2.25. The Kier molecular flexibility index (Phi) is 4.00. The molecule has 1 heterocycles. The molecule has 20 heavy (non-hydrogen) atoms. The molecule has 4 nitrogen and oxygen atoms in total. The topological polar surface area (TPSA) is 50.7 Å². The van der Waals surface area contributed by atoms with E-state index in [1.165, 1.54) is 6.42 Å². The van der Waals surface area contributed by atoms with E-state index in [0.29, 0.717) is 6.61 Å². The zero-order chi connectivity index (χ0) is 13.8. The molecule has 1 aliphatic heterocycles. The molecule has 1 N–H and O–H groups in total. The fraction of sp³-hybridized carbons (Fsp3) is 0.500. The molecule has 0 bridgehead atoms. The molecule has 1 aromatic rings. The van der Waals surface area contributed by atoms with Crippen molar-refractivity contribution in [3.63, 3.8) is 0 Å². The summed E-state index contributed by atoms with van der Waals surface area (Å²) in [5.74, 6) is 1.06. The van der Waals surface area contributed by atoms with Crippen LogP contribution in [-0.4, -0.2) is 18.2 Å². The van der Waals surface area contributed by atoms with Crippen molar-refractivity contribution in [3.8, 4) is 5.75 Å². The molecule has 1 saturated carbocycles. The number of hydrogen-bond donors (Lipinski definition) is 1. The Labute approximate surface area is 119 Å². The second-order valence-corrected chi connectivity index (χ2v) is 5.46. The van der Waals surface area contributed by atoms with E-state index >= 15 is 0 Å². The first-order valence-electron chi connectivity index (χ1n) is 7.43. The van der Waals surface area contributed by atoms with Crippen molar-refractivity contribution in [1.29, 1.82) is 0 Å². The quantitative estimate of drug-likeness (QED) is 0.842. The van der Waals surface area contributed by atoms with Gasteiger partial charge in [0.25, 0.3) is 0 Å². The van der Waals surface area contributed by atoms with Gasteiger partial charge in [-0.2, -0.15) is 5.10 Å². The van der Waals surface area contributed by atoms with Crippen LogP contribution in [0, 0.1) is 5.92 Å². The zero-order valence-electron chi connectivity index (χ0n) is 11.6. The molecule has 0 aromatic heterocycles. The van der Waals surface area contributed by atoms with Gasteiger partial charge in [-0.05, 0) is 25.0 Å². The first kappa shape index (κ1) is 13.2. The van der Waals surface area contributed by atoms with Crippen molar-refractivity contribution in [1.82, 2.24) is 5.43 Å². The molecule has 0 saturated heterocycles. The van der Waals surface area contributed by atoms with Gasteiger partial charge < -0.3 is 4.74 Å². The molecular weight excluding hydrogens is 252 g/mol. The molecule has 0 spiro atoms. The summed E-state index contributed by atoms with van der Waals surface area (Å²) >= 11 is 0. The number of nitrogens with one attached hydrogen (secondary N) is 1. The summed E-state index contributed by atoms with van der Waals surface area (Å²) in [7, 11) is 0. The van der Waals surface area contributed by atoms with E-state index in [9.17, 15) is 4.79 Å². The number of hydrogen-bond acceptors (Lipinski definition) is 3. The summed E-state index contributed by atoms with van der Waals surface area (Å²) in [5.41, 5.74) is 4.66. The lowest BCUT2D eigenvalue weighted by Crippen LogP contribution is -2.30. The van der Waals surface area contributed by atoms with Gasteiger partial charge in [-0.25, -0.2) is 5.43 Å². The van der Waals surface area contributed by atoms with Gasteiger partial charge in [-0.15, -0.1) is 0 Å². The van der Waals surface area contributed by atoms with Gasteiger partial charge in [-0.3, -0.25) is 4.79 Å². The van der Waals surface area contributed by atoms with Crippen LogP contribution < -0.4 is 10.2 Å². The normalized spacial score (nSPS) is 21.1. The fourth-order valence-electron chi connectivity index (χ4n) is 2.92. The van der Waals surface area contributed by atoms with Crippen molar-refractivity contribution in [3.05, 3.63) is 29.8 Å². The number of amides is 1. The van der Waals surface area contributed by atoms with Crippen molar-refractivity contribution in [2.45, 2.75) is 38.5 Å². The molecule has 1 fully saturated rings. The summed E-state index contributed by atoms with van der Waals surface area (Å²) < 4.78 is 5.58. The molecule has 2 aliphatic rings. The minimum absolute atomic E-state index is 0.0705. The molecule has 4 heteroatoms. The number of rotatable bonds is 2. The monoisotopic (exact) mass is 272 g/mol. The van der Waals surface area contributed by atoms with Crippen LogP contribution in [0.4, 0.5) is 0 Å². The smallest absolute Gasteiger partial charge is 0.243 e. The summed E-state index contributed by atoms with van der Waals surface area (Å²) in [6.45, 7) is 0.620. The molecule has 0 atom stereocenters. The Morgan fingerprint density at radius 3 is 2.85 bits per heavy atom. The molecule has 1 aliphatic carbocycles. The first-order chi connectivity index (χ1) is 9.84. The molecular formula is C16H20N2O2. The summed E-state index contributed by atoms with van der Waals surface area (Å²) in [6, 6.07) is 7.83. The average molecular weight is 272 g/mol. The Hall–Kier alpha value is -1.84. The maximum absolute atomic E-state index is 12.1. The van der Waals surface area contributed by atoms with E-state index in [1.807, 2.05) is 24.3 Å². The van der Waals surface area contributed by atoms with E-state index in [1.54, 1.807) is 0 Å². The van der Waals surface area contributed by atoms with Gasteiger partial charge in [0.1, 0.15) is 5.75 Å². The first-order valence-corrected chi connectivity index (χ1v) is 7.43. The summed E-state index contributed by atoms with van der Waals surface area (Å²) in [5, 5.41) is 4.34. The van der Waals surface area contributed by atoms with E-state index in [0.717, 1.165) is 49.1 Å². The molecule has 3 rings (SSSR count). The Morgan fingerprint density at radius 2 is 2.00 bits per heavy atom. The van der Waals surface area contributed by atoms with E-state index in [2.05, 4.69) is 10.5 Å². The van der Waals surface area contributed by atoms with Gasteiger partial charge >= 0.3 is 0 Å². The van der Waals surface area contributed by atoms with Crippen LogP contribution >= 0.6 is 0 Å². The summed E-state index contributed by atoms with van der Waals surface area (Å²) in [6.07, 6.45) is 6.30. The van der Waals surface area contributed by atoms with Crippen molar-refractivity contribution in [2.24, 2.45) is 11.0 Å². The van der Waals surface area contributed by atoms with Crippen LogP contribution in [-0.2, 0) is 4.79 Å². The number of carbonyl (C=O) groups is 1. The predicted molar refractivity (Wildman–Crippen MR) is 77.8 cm³/mol. The highest BCUT2D eigenvalue weighted by molar-refractivity contribution is 6.04. The highest BCUT2D eigenvalue weighted by atomic mass is 16.5. The zero-order valence-corrected chi connectivity index (χ0v) is 11.6. The molecule has 0 unspecified atom stereocenters. The fourth-order valence-corrected chi connectivity index (χ4v) is 2.92. The van der Waals surface area contributed by atoms with Crippen molar-refractivity contribution in [2.75, 3.05) is 6.61 Å². The maximum Gasteiger partial charge on any atom is 0.243 e. The van der Waals surface area contributed by atoms with Crippen LogP contribution in [0.15, 0.2) is 29.4 Å². The number of hydrazone groups is 1. The number of nitrogens with zero attached hydrogens (tertiary/aromatic N) is 1. The number of para-hydroxylation sites is 1. The van der Waals surface area contributed by atoms with E-state index < -0.39 is 0 Å². The largest absolute Gasteiger partial charge is 0.492 e. The third-order valence-corrected chi connectivity index (χ3v) is 4.07. The molecule has 1 amide bonds.